The highest BCUT2D eigenvalue weighted by Gasteiger charge is 2.35. The van der Waals surface area contributed by atoms with E-state index in [1.54, 1.807) is 18.2 Å². The van der Waals surface area contributed by atoms with E-state index in [9.17, 15) is 14.0 Å². The number of benzene rings is 3. The van der Waals surface area contributed by atoms with E-state index in [-0.39, 0.29) is 11.6 Å². The first-order valence-electron chi connectivity index (χ1n) is 13.8. The minimum Gasteiger partial charge on any atom is -0.486 e. The smallest absolute Gasteiger partial charge is 0.265 e. The first-order chi connectivity index (χ1) is 20.0. The number of hydrogen-bond donors (Lipinski definition) is 3. The van der Waals surface area contributed by atoms with Crippen LogP contribution in [0.5, 0.6) is 11.5 Å². The summed E-state index contributed by atoms with van der Waals surface area (Å²) >= 11 is 1.39. The molecule has 2 saturated heterocycles. The van der Waals surface area contributed by atoms with Crippen molar-refractivity contribution in [1.29, 1.82) is 0 Å². The Balaban J connectivity index is 1.02. The third kappa shape index (κ3) is 5.38. The normalized spacial score (nSPS) is 19.7. The fourth-order valence-electron chi connectivity index (χ4n) is 5.90. The summed E-state index contributed by atoms with van der Waals surface area (Å²) in [6.07, 6.45) is 0. The zero-order chi connectivity index (χ0) is 27.9. The van der Waals surface area contributed by atoms with Gasteiger partial charge in [0.25, 0.3) is 11.8 Å². The molecule has 4 aromatic rings. The van der Waals surface area contributed by atoms with Crippen LogP contribution in [0.25, 0.3) is 10.1 Å². The lowest BCUT2D eigenvalue weighted by Crippen LogP contribution is -2.25. The number of fused-ring (bicyclic) bond motifs is 3. The van der Waals surface area contributed by atoms with Gasteiger partial charge in [-0.25, -0.2) is 4.39 Å². The summed E-state index contributed by atoms with van der Waals surface area (Å²) < 4.78 is 26.7. The van der Waals surface area contributed by atoms with E-state index in [1.165, 1.54) is 35.1 Å². The van der Waals surface area contributed by atoms with Crippen LogP contribution in [-0.2, 0) is 6.54 Å². The quantitative estimate of drug-likeness (QED) is 0.302. The molecule has 3 aromatic carbocycles. The molecule has 2 amide bonds. The molecule has 0 aliphatic carbocycles. The molecule has 4 heterocycles. The second-order valence-electron chi connectivity index (χ2n) is 10.8. The molecule has 3 aliphatic rings. The number of rotatable bonds is 6. The molecule has 0 saturated carbocycles. The maximum atomic E-state index is 14.7. The third-order valence-electron chi connectivity index (χ3n) is 7.96. The molecule has 0 bridgehead atoms. The summed E-state index contributed by atoms with van der Waals surface area (Å²) in [6.45, 7) is 6.24. The zero-order valence-corrected chi connectivity index (χ0v) is 23.1. The predicted octanol–water partition coefficient (Wildman–Crippen LogP) is 4.97. The predicted molar refractivity (Wildman–Crippen MR) is 157 cm³/mol. The van der Waals surface area contributed by atoms with Crippen molar-refractivity contribution in [2.75, 3.05) is 50.0 Å². The van der Waals surface area contributed by atoms with Crippen LogP contribution < -0.4 is 25.4 Å². The van der Waals surface area contributed by atoms with Crippen LogP contribution >= 0.6 is 11.3 Å². The number of halogens is 1. The Morgan fingerprint density at radius 2 is 1.71 bits per heavy atom. The van der Waals surface area contributed by atoms with Gasteiger partial charge in [0.1, 0.15) is 19.0 Å². The molecule has 2 atom stereocenters. The van der Waals surface area contributed by atoms with E-state index in [4.69, 9.17) is 9.47 Å². The summed E-state index contributed by atoms with van der Waals surface area (Å²) in [5.74, 6) is 1.20. The van der Waals surface area contributed by atoms with E-state index in [0.29, 0.717) is 40.8 Å². The molecule has 0 unspecified atom stereocenters. The van der Waals surface area contributed by atoms with Crippen molar-refractivity contribution in [3.8, 4) is 11.5 Å². The van der Waals surface area contributed by atoms with Crippen LogP contribution in [0.15, 0.2) is 60.7 Å². The molecule has 0 spiro atoms. The first-order valence-corrected chi connectivity index (χ1v) is 14.6. The standard InChI is InChI=1S/C31H29FN4O4S/c32-24-5-4-23(34-30(37)20-3-6-26-27(10-20)40-8-7-39-26)12-25(24)35-31(38)29-11-19-2-1-18(9-28(19)41-29)15-36-16-21-13-33-14-22(21)17-36/h1-6,9-12,21-22,33H,7-8,13-17H2,(H,34,37)(H,35,38)/t21-,22+. The fraction of sp³-hybridized carbons (Fsp3) is 0.290. The Kier molecular flexibility index (Phi) is 6.82. The summed E-state index contributed by atoms with van der Waals surface area (Å²) in [5.41, 5.74) is 1.94. The maximum Gasteiger partial charge on any atom is 0.265 e. The van der Waals surface area contributed by atoms with Crippen molar-refractivity contribution < 1.29 is 23.5 Å². The van der Waals surface area contributed by atoms with Crippen molar-refractivity contribution >= 4 is 44.6 Å². The van der Waals surface area contributed by atoms with Crippen LogP contribution in [0.4, 0.5) is 15.8 Å². The molecule has 8 nitrogen and oxygen atoms in total. The minimum atomic E-state index is -0.593. The van der Waals surface area contributed by atoms with Crippen molar-refractivity contribution in [1.82, 2.24) is 10.2 Å². The van der Waals surface area contributed by atoms with Gasteiger partial charge in [-0.2, -0.15) is 0 Å². The van der Waals surface area contributed by atoms with Crippen LogP contribution in [-0.4, -0.2) is 56.1 Å². The summed E-state index contributed by atoms with van der Waals surface area (Å²) in [6, 6.07) is 17.2. The fourth-order valence-corrected chi connectivity index (χ4v) is 6.92. The van der Waals surface area contributed by atoms with Gasteiger partial charge in [-0.3, -0.25) is 14.5 Å². The van der Waals surface area contributed by atoms with Gasteiger partial charge in [0.15, 0.2) is 11.5 Å². The van der Waals surface area contributed by atoms with Crippen molar-refractivity contribution in [2.24, 2.45) is 11.8 Å². The summed E-state index contributed by atoms with van der Waals surface area (Å²) in [4.78, 5) is 28.9. The van der Waals surface area contributed by atoms with E-state index < -0.39 is 11.7 Å². The molecule has 10 heteroatoms. The maximum absolute atomic E-state index is 14.7. The number of carbonyl (C=O) groups is 2. The van der Waals surface area contributed by atoms with E-state index in [2.05, 4.69) is 33.0 Å². The number of amides is 2. The second kappa shape index (κ2) is 10.8. The van der Waals surface area contributed by atoms with Crippen LogP contribution in [0.2, 0.25) is 0 Å². The number of anilines is 2. The number of nitrogens with zero attached hydrogens (tertiary/aromatic N) is 1. The Morgan fingerprint density at radius 1 is 0.902 bits per heavy atom. The van der Waals surface area contributed by atoms with Crippen molar-refractivity contribution in [3.63, 3.8) is 0 Å². The molecule has 0 radical (unpaired) electrons. The molecule has 7 rings (SSSR count). The van der Waals surface area contributed by atoms with Gasteiger partial charge in [-0.05, 0) is 84.4 Å². The van der Waals surface area contributed by atoms with Gasteiger partial charge in [0.2, 0.25) is 0 Å². The average Bonchev–Trinajstić information content (AvgIpc) is 3.70. The molecule has 1 aromatic heterocycles. The molecule has 2 fully saturated rings. The van der Waals surface area contributed by atoms with Crippen molar-refractivity contribution in [3.05, 3.63) is 82.5 Å². The number of hydrogen-bond acceptors (Lipinski definition) is 7. The Hall–Kier alpha value is -3.99. The van der Waals surface area contributed by atoms with Gasteiger partial charge in [-0.15, -0.1) is 11.3 Å². The highest BCUT2D eigenvalue weighted by molar-refractivity contribution is 7.20. The minimum absolute atomic E-state index is 0.0119. The number of carbonyl (C=O) groups excluding carboxylic acids is 2. The van der Waals surface area contributed by atoms with E-state index >= 15 is 0 Å². The van der Waals surface area contributed by atoms with Crippen LogP contribution in [0.1, 0.15) is 25.6 Å². The molecule has 41 heavy (non-hydrogen) atoms. The van der Waals surface area contributed by atoms with Crippen LogP contribution in [0.3, 0.4) is 0 Å². The van der Waals surface area contributed by atoms with E-state index in [0.717, 1.165) is 54.6 Å². The van der Waals surface area contributed by atoms with Gasteiger partial charge in [-0.1, -0.05) is 12.1 Å². The number of ether oxygens (including phenoxy) is 2. The lowest BCUT2D eigenvalue weighted by molar-refractivity contribution is 0.102. The monoisotopic (exact) mass is 572 g/mol. The molecule has 210 valence electrons. The Labute approximate surface area is 240 Å². The molecule has 3 aliphatic heterocycles. The lowest BCUT2D eigenvalue weighted by atomic mass is 10.0. The van der Waals surface area contributed by atoms with Gasteiger partial charge < -0.3 is 25.4 Å². The molecular formula is C31H29FN4O4S. The summed E-state index contributed by atoms with van der Waals surface area (Å²) in [7, 11) is 0. The average molecular weight is 573 g/mol. The Bertz CT molecular complexity index is 1640. The van der Waals surface area contributed by atoms with Gasteiger partial charge >= 0.3 is 0 Å². The highest BCUT2D eigenvalue weighted by atomic mass is 32.1. The molecular weight excluding hydrogens is 543 g/mol. The second-order valence-corrected chi connectivity index (χ2v) is 11.9. The van der Waals surface area contributed by atoms with E-state index in [1.807, 2.05) is 12.1 Å². The summed E-state index contributed by atoms with van der Waals surface area (Å²) in [5, 5.41) is 9.89. The number of likely N-dealkylation sites (tertiary alicyclic amines) is 1. The topological polar surface area (TPSA) is 91.9 Å². The first kappa shape index (κ1) is 25.9. The SMILES string of the molecule is O=C(Nc1ccc(F)c(NC(=O)c2cc3ccc(CN4C[C@H]5CNC[C@H]5C4)cc3s2)c1)c1ccc2c(c1)OCCO2. The number of thiophene rings is 1. The van der Waals surface area contributed by atoms with Crippen molar-refractivity contribution in [2.45, 2.75) is 6.54 Å². The lowest BCUT2D eigenvalue weighted by Gasteiger charge is -2.18. The Morgan fingerprint density at radius 3 is 2.54 bits per heavy atom. The van der Waals surface area contributed by atoms with Gasteiger partial charge in [0, 0.05) is 35.6 Å². The largest absolute Gasteiger partial charge is 0.486 e. The zero-order valence-electron chi connectivity index (χ0n) is 22.2. The number of nitrogens with one attached hydrogen (secondary N) is 3. The van der Waals surface area contributed by atoms with Gasteiger partial charge in [0.05, 0.1) is 10.6 Å². The molecule has 3 N–H and O–H groups in total. The van der Waals surface area contributed by atoms with Crippen LogP contribution in [0, 0.1) is 17.7 Å². The highest BCUT2D eigenvalue weighted by Crippen LogP contribution is 2.33. The third-order valence-corrected chi connectivity index (χ3v) is 9.05.